The van der Waals surface area contributed by atoms with Crippen LogP contribution in [-0.2, 0) is 9.53 Å². The standard InChI is InChI=1S/C18H32F2N4O2/c1-21-18(23-14-8-11-24(12-9-14)13-16(19)20)22-10-4-7-17(25)26-15-5-2-3-6-15/h14-16H,2-13H2,1H3,(H2,21,22,23). The second-order valence-electron chi connectivity index (χ2n) is 7.11. The maximum atomic E-state index is 12.4. The van der Waals surface area contributed by atoms with Crippen LogP contribution in [0.15, 0.2) is 4.99 Å². The molecule has 0 aromatic carbocycles. The number of ether oxygens (including phenoxy) is 1. The number of alkyl halides is 2. The van der Waals surface area contributed by atoms with Gasteiger partial charge in [-0.15, -0.1) is 0 Å². The minimum atomic E-state index is -2.27. The molecule has 0 spiro atoms. The number of rotatable bonds is 8. The fourth-order valence-electron chi connectivity index (χ4n) is 3.53. The highest BCUT2D eigenvalue weighted by Crippen LogP contribution is 2.21. The summed E-state index contributed by atoms with van der Waals surface area (Å²) in [7, 11) is 1.70. The zero-order valence-corrected chi connectivity index (χ0v) is 15.7. The predicted molar refractivity (Wildman–Crippen MR) is 97.5 cm³/mol. The van der Waals surface area contributed by atoms with Crippen LogP contribution in [0.5, 0.6) is 0 Å². The molecule has 1 aliphatic heterocycles. The van der Waals surface area contributed by atoms with Crippen molar-refractivity contribution in [2.45, 2.75) is 69.9 Å². The molecule has 2 rings (SSSR count). The van der Waals surface area contributed by atoms with E-state index in [-0.39, 0.29) is 24.7 Å². The number of carbonyl (C=O) groups excluding carboxylic acids is 1. The smallest absolute Gasteiger partial charge is 0.306 e. The van der Waals surface area contributed by atoms with Gasteiger partial charge < -0.3 is 15.4 Å². The highest BCUT2D eigenvalue weighted by molar-refractivity contribution is 5.80. The Balaban J connectivity index is 1.56. The van der Waals surface area contributed by atoms with E-state index in [1.165, 1.54) is 0 Å². The summed E-state index contributed by atoms with van der Waals surface area (Å²) in [5.41, 5.74) is 0. The zero-order valence-electron chi connectivity index (χ0n) is 15.7. The molecule has 150 valence electrons. The second-order valence-corrected chi connectivity index (χ2v) is 7.11. The first-order chi connectivity index (χ1) is 12.6. The maximum absolute atomic E-state index is 12.4. The number of piperidine rings is 1. The first-order valence-electron chi connectivity index (χ1n) is 9.74. The quantitative estimate of drug-likeness (QED) is 0.295. The van der Waals surface area contributed by atoms with Gasteiger partial charge in [0.2, 0.25) is 0 Å². The van der Waals surface area contributed by atoms with Crippen molar-refractivity contribution in [2.24, 2.45) is 4.99 Å². The maximum Gasteiger partial charge on any atom is 0.306 e. The molecule has 1 saturated carbocycles. The molecule has 1 saturated heterocycles. The van der Waals surface area contributed by atoms with Gasteiger partial charge in [-0.1, -0.05) is 0 Å². The molecule has 6 nitrogen and oxygen atoms in total. The van der Waals surface area contributed by atoms with Gasteiger partial charge in [-0.3, -0.25) is 14.7 Å². The Morgan fingerprint density at radius 2 is 1.92 bits per heavy atom. The Morgan fingerprint density at radius 3 is 2.54 bits per heavy atom. The molecule has 0 amide bonds. The highest BCUT2D eigenvalue weighted by atomic mass is 19.3. The highest BCUT2D eigenvalue weighted by Gasteiger charge is 2.22. The summed E-state index contributed by atoms with van der Waals surface area (Å²) in [5, 5.41) is 6.54. The van der Waals surface area contributed by atoms with Crippen molar-refractivity contribution in [2.75, 3.05) is 33.2 Å². The molecule has 2 fully saturated rings. The topological polar surface area (TPSA) is 66.0 Å². The van der Waals surface area contributed by atoms with Crippen LogP contribution in [-0.4, -0.2) is 68.6 Å². The fraction of sp³-hybridized carbons (Fsp3) is 0.889. The van der Waals surface area contributed by atoms with Gasteiger partial charge in [0.1, 0.15) is 6.10 Å². The lowest BCUT2D eigenvalue weighted by Crippen LogP contribution is -2.49. The second kappa shape index (κ2) is 11.3. The minimum Gasteiger partial charge on any atom is -0.462 e. The van der Waals surface area contributed by atoms with E-state index in [9.17, 15) is 13.6 Å². The summed E-state index contributed by atoms with van der Waals surface area (Å²) in [6.45, 7) is 1.85. The third-order valence-corrected chi connectivity index (χ3v) is 5.00. The molecule has 1 heterocycles. The largest absolute Gasteiger partial charge is 0.462 e. The lowest BCUT2D eigenvalue weighted by molar-refractivity contribution is -0.148. The summed E-state index contributed by atoms with van der Waals surface area (Å²) in [6, 6.07) is 0.238. The van der Waals surface area contributed by atoms with Gasteiger partial charge >= 0.3 is 5.97 Å². The first-order valence-corrected chi connectivity index (χ1v) is 9.74. The van der Waals surface area contributed by atoms with Gasteiger partial charge in [-0.25, -0.2) is 8.78 Å². The van der Waals surface area contributed by atoms with Crippen molar-refractivity contribution in [3.05, 3.63) is 0 Å². The lowest BCUT2D eigenvalue weighted by Gasteiger charge is -2.32. The van der Waals surface area contributed by atoms with Crippen LogP contribution in [0.1, 0.15) is 51.4 Å². The molecule has 0 aromatic rings. The summed E-state index contributed by atoms with van der Waals surface area (Å²) >= 11 is 0. The van der Waals surface area contributed by atoms with Crippen LogP contribution in [0.2, 0.25) is 0 Å². The summed E-state index contributed by atoms with van der Waals surface area (Å²) in [5.74, 6) is 0.578. The third-order valence-electron chi connectivity index (χ3n) is 5.00. The van der Waals surface area contributed by atoms with E-state index in [1.54, 1.807) is 11.9 Å². The number of aliphatic imine (C=N–C) groups is 1. The number of likely N-dealkylation sites (tertiary alicyclic amines) is 1. The van der Waals surface area contributed by atoms with Gasteiger partial charge in [0.15, 0.2) is 5.96 Å². The molecule has 0 aromatic heterocycles. The number of nitrogens with one attached hydrogen (secondary N) is 2. The van der Waals surface area contributed by atoms with E-state index in [1.807, 2.05) is 0 Å². The van der Waals surface area contributed by atoms with E-state index in [0.717, 1.165) is 38.5 Å². The predicted octanol–water partition coefficient (Wildman–Crippen LogP) is 2.15. The van der Waals surface area contributed by atoms with Gasteiger partial charge in [0.25, 0.3) is 6.43 Å². The number of carbonyl (C=O) groups is 1. The fourth-order valence-corrected chi connectivity index (χ4v) is 3.53. The van der Waals surface area contributed by atoms with E-state index < -0.39 is 6.43 Å². The molecular weight excluding hydrogens is 342 g/mol. The molecule has 0 radical (unpaired) electrons. The van der Waals surface area contributed by atoms with Crippen LogP contribution >= 0.6 is 0 Å². The van der Waals surface area contributed by atoms with Gasteiger partial charge in [0, 0.05) is 39.1 Å². The van der Waals surface area contributed by atoms with Crippen molar-refractivity contribution >= 4 is 11.9 Å². The number of guanidine groups is 1. The van der Waals surface area contributed by atoms with E-state index in [0.29, 0.717) is 38.4 Å². The Kier molecular flexibility index (Phi) is 9.08. The van der Waals surface area contributed by atoms with Crippen LogP contribution in [0.25, 0.3) is 0 Å². The van der Waals surface area contributed by atoms with Crippen LogP contribution in [0, 0.1) is 0 Å². The molecule has 2 N–H and O–H groups in total. The number of hydrogen-bond donors (Lipinski definition) is 2. The summed E-state index contributed by atoms with van der Waals surface area (Å²) < 4.78 is 30.2. The van der Waals surface area contributed by atoms with Gasteiger partial charge in [-0.05, 0) is 44.9 Å². The first kappa shape index (κ1) is 20.9. The van der Waals surface area contributed by atoms with E-state index in [4.69, 9.17) is 4.74 Å². The van der Waals surface area contributed by atoms with Crippen molar-refractivity contribution < 1.29 is 18.3 Å². The van der Waals surface area contributed by atoms with Crippen molar-refractivity contribution in [1.29, 1.82) is 0 Å². The number of esters is 1. The Labute approximate surface area is 154 Å². The average molecular weight is 374 g/mol. The van der Waals surface area contributed by atoms with Crippen molar-refractivity contribution in [3.8, 4) is 0 Å². The Bertz CT molecular complexity index is 448. The molecule has 8 heteroatoms. The number of nitrogens with zero attached hydrogens (tertiary/aromatic N) is 2. The Hall–Kier alpha value is -1.44. The molecule has 0 atom stereocenters. The normalized spacial score (nSPS) is 20.5. The number of hydrogen-bond acceptors (Lipinski definition) is 4. The zero-order chi connectivity index (χ0) is 18.8. The third kappa shape index (κ3) is 7.85. The molecular formula is C18H32F2N4O2. The minimum absolute atomic E-state index is 0.118. The van der Waals surface area contributed by atoms with Crippen LogP contribution in [0.3, 0.4) is 0 Å². The Morgan fingerprint density at radius 1 is 1.23 bits per heavy atom. The monoisotopic (exact) mass is 374 g/mol. The van der Waals surface area contributed by atoms with Crippen molar-refractivity contribution in [3.63, 3.8) is 0 Å². The SMILES string of the molecule is CN=C(NCCCC(=O)OC1CCCC1)NC1CCN(CC(F)F)CC1. The molecule has 0 unspecified atom stereocenters. The summed E-state index contributed by atoms with van der Waals surface area (Å²) in [4.78, 5) is 17.8. The van der Waals surface area contributed by atoms with Gasteiger partial charge in [-0.2, -0.15) is 0 Å². The lowest BCUT2D eigenvalue weighted by atomic mass is 10.1. The van der Waals surface area contributed by atoms with Crippen LogP contribution in [0.4, 0.5) is 8.78 Å². The van der Waals surface area contributed by atoms with Gasteiger partial charge in [0.05, 0.1) is 6.54 Å². The van der Waals surface area contributed by atoms with Crippen molar-refractivity contribution in [1.82, 2.24) is 15.5 Å². The molecule has 2 aliphatic rings. The number of halogens is 2. The molecule has 0 bridgehead atoms. The molecule has 1 aliphatic carbocycles. The van der Waals surface area contributed by atoms with E-state index in [2.05, 4.69) is 15.6 Å². The van der Waals surface area contributed by atoms with Crippen LogP contribution < -0.4 is 10.6 Å². The molecule has 26 heavy (non-hydrogen) atoms. The average Bonchev–Trinajstić information content (AvgIpc) is 3.11. The van der Waals surface area contributed by atoms with E-state index >= 15 is 0 Å². The summed E-state index contributed by atoms with van der Waals surface area (Å²) in [6.07, 6.45) is 4.90.